The highest BCUT2D eigenvalue weighted by molar-refractivity contribution is 5.73. The molecular formula is C25H29N5O2. The van der Waals surface area contributed by atoms with Gasteiger partial charge in [-0.05, 0) is 56.0 Å². The fourth-order valence-corrected chi connectivity index (χ4v) is 5.07. The van der Waals surface area contributed by atoms with Crippen molar-refractivity contribution in [2.75, 3.05) is 19.6 Å². The zero-order valence-corrected chi connectivity index (χ0v) is 18.3. The summed E-state index contributed by atoms with van der Waals surface area (Å²) in [6.45, 7) is 5.20. The number of nitrogens with one attached hydrogen (secondary N) is 2. The number of hydrogen-bond acceptors (Lipinski definition) is 5. The van der Waals surface area contributed by atoms with E-state index in [-0.39, 0.29) is 6.03 Å². The van der Waals surface area contributed by atoms with Gasteiger partial charge in [0.05, 0.1) is 6.26 Å². The van der Waals surface area contributed by atoms with Crippen molar-refractivity contribution in [3.8, 4) is 11.5 Å². The Kier molecular flexibility index (Phi) is 5.90. The molecule has 7 nitrogen and oxygen atoms in total. The third-order valence-corrected chi connectivity index (χ3v) is 6.68. The zero-order chi connectivity index (χ0) is 21.9. The van der Waals surface area contributed by atoms with Crippen molar-refractivity contribution in [3.63, 3.8) is 0 Å². The van der Waals surface area contributed by atoms with E-state index >= 15 is 0 Å². The Labute approximate surface area is 188 Å². The van der Waals surface area contributed by atoms with Crippen LogP contribution in [0.5, 0.6) is 0 Å². The number of fused-ring (bicyclic) bond motifs is 3. The summed E-state index contributed by atoms with van der Waals surface area (Å²) >= 11 is 0. The van der Waals surface area contributed by atoms with E-state index < -0.39 is 0 Å². The van der Waals surface area contributed by atoms with Crippen molar-refractivity contribution in [1.29, 1.82) is 0 Å². The molecule has 2 amide bonds. The summed E-state index contributed by atoms with van der Waals surface area (Å²) in [5.41, 5.74) is 3.05. The van der Waals surface area contributed by atoms with Crippen molar-refractivity contribution in [3.05, 3.63) is 71.9 Å². The number of furan rings is 1. The van der Waals surface area contributed by atoms with Gasteiger partial charge in [-0.15, -0.1) is 0 Å². The summed E-state index contributed by atoms with van der Waals surface area (Å²) < 4.78 is 5.55. The lowest BCUT2D eigenvalue weighted by molar-refractivity contribution is 0.0305. The van der Waals surface area contributed by atoms with Crippen molar-refractivity contribution in [1.82, 2.24) is 25.5 Å². The Morgan fingerprint density at radius 2 is 2.03 bits per heavy atom. The van der Waals surface area contributed by atoms with Crippen LogP contribution >= 0.6 is 0 Å². The number of benzene rings is 1. The third kappa shape index (κ3) is 4.53. The molecule has 2 aromatic heterocycles. The number of nitrogens with zero attached hydrogens (tertiary/aromatic N) is 3. The molecule has 32 heavy (non-hydrogen) atoms. The van der Waals surface area contributed by atoms with Gasteiger partial charge in [-0.2, -0.15) is 0 Å². The number of piperidine rings is 3. The highest BCUT2D eigenvalue weighted by Crippen LogP contribution is 2.41. The monoisotopic (exact) mass is 431 g/mol. The first-order valence-corrected chi connectivity index (χ1v) is 11.3. The molecule has 4 atom stereocenters. The van der Waals surface area contributed by atoms with E-state index in [1.165, 1.54) is 6.42 Å². The first-order valence-electron chi connectivity index (χ1n) is 11.3. The number of aromatic nitrogens is 2. The number of amides is 2. The molecule has 0 saturated carbocycles. The minimum Gasteiger partial charge on any atom is -0.463 e. The van der Waals surface area contributed by atoms with E-state index in [4.69, 9.17) is 9.40 Å². The number of aryl methyl sites for hydroxylation is 1. The maximum Gasteiger partial charge on any atom is 0.315 e. The summed E-state index contributed by atoms with van der Waals surface area (Å²) in [5.74, 6) is 2.51. The first kappa shape index (κ1) is 20.7. The Morgan fingerprint density at radius 1 is 1.16 bits per heavy atom. The summed E-state index contributed by atoms with van der Waals surface area (Å²) in [4.78, 5) is 24.1. The molecular weight excluding hydrogens is 402 g/mol. The van der Waals surface area contributed by atoms with E-state index in [0.29, 0.717) is 31.0 Å². The first-order chi connectivity index (χ1) is 15.7. The summed E-state index contributed by atoms with van der Waals surface area (Å²) in [6, 6.07) is 16.1. The van der Waals surface area contributed by atoms with Crippen LogP contribution in [-0.2, 0) is 6.54 Å². The zero-order valence-electron chi connectivity index (χ0n) is 18.3. The molecule has 166 valence electrons. The lowest BCUT2D eigenvalue weighted by Crippen LogP contribution is -2.56. The van der Waals surface area contributed by atoms with E-state index in [1.54, 1.807) is 6.26 Å². The van der Waals surface area contributed by atoms with Crippen molar-refractivity contribution in [2.45, 2.75) is 38.3 Å². The molecule has 7 heteroatoms. The van der Waals surface area contributed by atoms with E-state index in [9.17, 15) is 4.79 Å². The molecule has 0 aliphatic carbocycles. The van der Waals surface area contributed by atoms with Crippen LogP contribution in [0.25, 0.3) is 11.5 Å². The van der Waals surface area contributed by atoms with E-state index in [2.05, 4.69) is 26.6 Å². The molecule has 4 unspecified atom stereocenters. The summed E-state index contributed by atoms with van der Waals surface area (Å²) in [5, 5.41) is 6.02. The van der Waals surface area contributed by atoms with Crippen molar-refractivity contribution >= 4 is 6.03 Å². The fourth-order valence-electron chi connectivity index (χ4n) is 5.07. The van der Waals surface area contributed by atoms with Gasteiger partial charge >= 0.3 is 6.03 Å². The predicted molar refractivity (Wildman–Crippen MR) is 122 cm³/mol. The molecule has 2 bridgehead atoms. The van der Waals surface area contributed by atoms with Crippen LogP contribution in [0.1, 0.15) is 35.8 Å². The SMILES string of the molecule is Cc1nc(-c2ccco2)cc(C2CN3CCC2CC3CNC(=O)NCc2ccccc2)n1. The quantitative estimate of drug-likeness (QED) is 0.622. The van der Waals surface area contributed by atoms with Crippen LogP contribution in [0.3, 0.4) is 0 Å². The lowest BCUT2D eigenvalue weighted by Gasteiger charge is -2.49. The highest BCUT2D eigenvalue weighted by atomic mass is 16.3. The lowest BCUT2D eigenvalue weighted by atomic mass is 9.74. The number of carbonyl (C=O) groups excluding carboxylic acids is 1. The second kappa shape index (κ2) is 9.12. The van der Waals surface area contributed by atoms with Crippen LogP contribution in [0.2, 0.25) is 0 Å². The molecule has 2 N–H and O–H groups in total. The van der Waals surface area contributed by atoms with Crippen molar-refractivity contribution < 1.29 is 9.21 Å². The molecule has 3 fully saturated rings. The fraction of sp³-hybridized carbons (Fsp3) is 0.400. The van der Waals surface area contributed by atoms with Gasteiger partial charge < -0.3 is 15.1 Å². The van der Waals surface area contributed by atoms with Crippen LogP contribution in [0, 0.1) is 12.8 Å². The molecule has 1 aromatic carbocycles. The Balaban J connectivity index is 1.18. The van der Waals surface area contributed by atoms with Crippen LogP contribution in [-0.4, -0.2) is 46.6 Å². The number of urea groups is 1. The minimum absolute atomic E-state index is 0.109. The van der Waals surface area contributed by atoms with E-state index in [1.807, 2.05) is 49.4 Å². The summed E-state index contributed by atoms with van der Waals surface area (Å²) in [6.07, 6.45) is 3.91. The molecule has 0 spiro atoms. The van der Waals surface area contributed by atoms with E-state index in [0.717, 1.165) is 48.0 Å². The second-order valence-electron chi connectivity index (χ2n) is 8.79. The second-order valence-corrected chi connectivity index (χ2v) is 8.79. The molecule has 0 radical (unpaired) electrons. The van der Waals surface area contributed by atoms with Crippen LogP contribution in [0.4, 0.5) is 4.79 Å². The molecule has 3 aliphatic heterocycles. The summed E-state index contributed by atoms with van der Waals surface area (Å²) in [7, 11) is 0. The van der Waals surface area contributed by atoms with Gasteiger partial charge in [-0.1, -0.05) is 30.3 Å². The van der Waals surface area contributed by atoms with Gasteiger partial charge in [0.15, 0.2) is 5.76 Å². The Hall–Kier alpha value is -3.19. The standard InChI is InChI=1S/C25H29N5O2/c1-17-28-22(13-23(29-17)24-8-5-11-32-24)21-16-30-10-9-19(21)12-20(30)15-27-25(31)26-14-18-6-3-2-4-7-18/h2-8,11,13,19-21H,9-10,12,14-16H2,1H3,(H2,26,27,31). The minimum atomic E-state index is -0.109. The smallest absolute Gasteiger partial charge is 0.315 e. The van der Waals surface area contributed by atoms with Gasteiger partial charge in [0.1, 0.15) is 11.5 Å². The maximum absolute atomic E-state index is 12.3. The average molecular weight is 432 g/mol. The molecule has 3 saturated heterocycles. The molecule has 5 heterocycles. The Morgan fingerprint density at radius 3 is 2.78 bits per heavy atom. The van der Waals surface area contributed by atoms with Gasteiger partial charge in [-0.3, -0.25) is 4.90 Å². The van der Waals surface area contributed by atoms with Crippen molar-refractivity contribution in [2.24, 2.45) is 5.92 Å². The topological polar surface area (TPSA) is 83.3 Å². The number of rotatable bonds is 6. The Bertz CT molecular complexity index is 1050. The maximum atomic E-state index is 12.3. The van der Waals surface area contributed by atoms with Gasteiger partial charge in [-0.25, -0.2) is 14.8 Å². The molecule has 3 aromatic rings. The van der Waals surface area contributed by atoms with Crippen LogP contribution < -0.4 is 10.6 Å². The third-order valence-electron chi connectivity index (χ3n) is 6.68. The van der Waals surface area contributed by atoms with Gasteiger partial charge in [0.25, 0.3) is 0 Å². The number of carbonyl (C=O) groups is 1. The molecule has 6 rings (SSSR count). The number of hydrogen-bond donors (Lipinski definition) is 2. The average Bonchev–Trinajstić information content (AvgIpc) is 3.37. The van der Waals surface area contributed by atoms with Crippen LogP contribution in [0.15, 0.2) is 59.2 Å². The molecule has 3 aliphatic rings. The largest absolute Gasteiger partial charge is 0.463 e. The van der Waals surface area contributed by atoms with Gasteiger partial charge in [0.2, 0.25) is 0 Å². The predicted octanol–water partition coefficient (Wildman–Crippen LogP) is 3.72. The normalized spacial score (nSPS) is 24.3. The highest BCUT2D eigenvalue weighted by Gasteiger charge is 2.41. The van der Waals surface area contributed by atoms with Gasteiger partial charge in [0, 0.05) is 37.3 Å².